The minimum atomic E-state index is -0.510. The normalized spacial score (nSPS) is 13.0. The first kappa shape index (κ1) is 29.0. The average molecular weight is 545 g/mol. The van der Waals surface area contributed by atoms with Gasteiger partial charge in [-0.3, -0.25) is 0 Å². The molecule has 1 fully saturated rings. The van der Waals surface area contributed by atoms with Crippen LogP contribution >= 0.6 is 0 Å². The molecule has 0 unspecified atom stereocenters. The Morgan fingerprint density at radius 1 is 1.18 bits per heavy atom. The van der Waals surface area contributed by atoms with Crippen molar-refractivity contribution in [3.8, 4) is 11.1 Å². The number of likely N-dealkylation sites (N-methyl/N-ethyl adjacent to an activating group) is 1. The molecule has 4 rings (SSSR count). The van der Waals surface area contributed by atoms with Crippen LogP contribution in [0.2, 0.25) is 0 Å². The molecular formula is C31H40N6O3. The number of aromatic nitrogens is 2. The van der Waals surface area contributed by atoms with Gasteiger partial charge in [0.15, 0.2) is 5.69 Å². The molecule has 2 N–H and O–H groups in total. The van der Waals surface area contributed by atoms with Gasteiger partial charge in [0.1, 0.15) is 11.6 Å². The van der Waals surface area contributed by atoms with Gasteiger partial charge >= 0.3 is 5.97 Å². The minimum Gasteiger partial charge on any atom is -0.461 e. The van der Waals surface area contributed by atoms with E-state index in [0.29, 0.717) is 35.8 Å². The monoisotopic (exact) mass is 544 g/mol. The molecule has 1 aliphatic rings. The highest BCUT2D eigenvalue weighted by molar-refractivity contribution is 6.10. The first-order chi connectivity index (χ1) is 19.3. The molecule has 2 aromatic heterocycles. The number of esters is 1. The third kappa shape index (κ3) is 6.77. The molecule has 0 spiro atoms. The zero-order valence-corrected chi connectivity index (χ0v) is 24.2. The summed E-state index contributed by atoms with van der Waals surface area (Å²) in [6, 6.07) is 13.8. The van der Waals surface area contributed by atoms with E-state index in [9.17, 15) is 4.79 Å². The molecule has 0 aliphatic carbocycles. The Bertz CT molecular complexity index is 1320. The molecule has 3 heterocycles. The SMILES string of the molecule is CCOC(=O)c1cc(-c2ccc(N(C)CCOC)nc2)c(C(=N)C(C)C)c(Nc2cccc(N3CCCC3)c2)n1. The number of anilines is 4. The summed E-state index contributed by atoms with van der Waals surface area (Å²) in [5, 5.41) is 12.5. The van der Waals surface area contributed by atoms with E-state index in [1.54, 1.807) is 26.3 Å². The number of ether oxygens (including phenoxy) is 2. The van der Waals surface area contributed by atoms with Crippen molar-refractivity contribution in [3.05, 3.63) is 59.9 Å². The van der Waals surface area contributed by atoms with Crippen molar-refractivity contribution in [3.63, 3.8) is 0 Å². The number of methoxy groups -OCH3 is 1. The van der Waals surface area contributed by atoms with Crippen LogP contribution in [0.3, 0.4) is 0 Å². The summed E-state index contributed by atoms with van der Waals surface area (Å²) in [5.74, 6) is 0.666. The molecule has 9 nitrogen and oxygen atoms in total. The van der Waals surface area contributed by atoms with Crippen LogP contribution in [-0.2, 0) is 9.47 Å². The maximum atomic E-state index is 12.9. The van der Waals surface area contributed by atoms with Crippen LogP contribution in [0.5, 0.6) is 0 Å². The molecule has 3 aromatic rings. The van der Waals surface area contributed by atoms with Crippen LogP contribution in [0.25, 0.3) is 11.1 Å². The van der Waals surface area contributed by atoms with Crippen molar-refractivity contribution >= 4 is 34.7 Å². The zero-order valence-electron chi connectivity index (χ0n) is 24.2. The van der Waals surface area contributed by atoms with Gasteiger partial charge in [0.05, 0.1) is 13.2 Å². The van der Waals surface area contributed by atoms with E-state index in [0.717, 1.165) is 35.8 Å². The first-order valence-corrected chi connectivity index (χ1v) is 13.9. The van der Waals surface area contributed by atoms with E-state index >= 15 is 0 Å². The number of nitrogens with one attached hydrogen (secondary N) is 2. The second kappa shape index (κ2) is 13.4. The zero-order chi connectivity index (χ0) is 28.6. The third-order valence-electron chi connectivity index (χ3n) is 7.01. The van der Waals surface area contributed by atoms with Crippen LogP contribution in [0.1, 0.15) is 49.7 Å². The number of hydrogen-bond donors (Lipinski definition) is 2. The molecule has 0 saturated carbocycles. The Kier molecular flexibility index (Phi) is 9.71. The number of rotatable bonds is 12. The second-order valence-corrected chi connectivity index (χ2v) is 10.3. The van der Waals surface area contributed by atoms with Crippen molar-refractivity contribution in [2.45, 2.75) is 33.6 Å². The Hall–Kier alpha value is -3.98. The lowest BCUT2D eigenvalue weighted by Gasteiger charge is -2.22. The van der Waals surface area contributed by atoms with E-state index in [4.69, 9.17) is 19.9 Å². The van der Waals surface area contributed by atoms with E-state index in [2.05, 4.69) is 27.3 Å². The number of nitrogens with zero attached hydrogens (tertiary/aromatic N) is 4. The quantitative estimate of drug-likeness (QED) is 0.219. The third-order valence-corrected chi connectivity index (χ3v) is 7.01. The second-order valence-electron chi connectivity index (χ2n) is 10.3. The molecule has 1 aromatic carbocycles. The van der Waals surface area contributed by atoms with E-state index < -0.39 is 5.97 Å². The predicted molar refractivity (Wildman–Crippen MR) is 161 cm³/mol. The standard InChI is InChI=1S/C31H40N6O3/c1-6-40-31(38)26-19-25(22-12-13-27(33-20-22)36(4)16-17-39-5)28(29(32)21(2)3)30(35-26)34-23-10-9-11-24(18-23)37-14-7-8-15-37/h9-13,18-21,32H,6-8,14-17H2,1-5H3,(H,34,35). The Labute approximate surface area is 237 Å². The number of hydrogen-bond acceptors (Lipinski definition) is 9. The van der Waals surface area contributed by atoms with Crippen LogP contribution in [-0.4, -0.2) is 68.7 Å². The summed E-state index contributed by atoms with van der Waals surface area (Å²) in [6.07, 6.45) is 4.15. The maximum absolute atomic E-state index is 12.9. The van der Waals surface area contributed by atoms with Crippen molar-refractivity contribution in [1.29, 1.82) is 5.41 Å². The van der Waals surface area contributed by atoms with Crippen molar-refractivity contribution in [1.82, 2.24) is 9.97 Å². The Morgan fingerprint density at radius 3 is 2.60 bits per heavy atom. The summed E-state index contributed by atoms with van der Waals surface area (Å²) in [7, 11) is 3.64. The van der Waals surface area contributed by atoms with Gasteiger partial charge in [0, 0.05) is 68.2 Å². The molecule has 1 saturated heterocycles. The van der Waals surface area contributed by atoms with Crippen molar-refractivity contribution in [2.75, 3.05) is 62.1 Å². The topological polar surface area (TPSA) is 104 Å². The fraction of sp³-hybridized carbons (Fsp3) is 0.419. The van der Waals surface area contributed by atoms with Gasteiger partial charge in [0.25, 0.3) is 0 Å². The molecule has 0 amide bonds. The number of carbonyl (C=O) groups excluding carboxylic acids is 1. The average Bonchev–Trinajstić information content (AvgIpc) is 3.51. The van der Waals surface area contributed by atoms with Crippen LogP contribution < -0.4 is 15.1 Å². The van der Waals surface area contributed by atoms with Crippen LogP contribution in [0, 0.1) is 11.3 Å². The Balaban J connectivity index is 1.81. The van der Waals surface area contributed by atoms with Gasteiger partial charge in [-0.2, -0.15) is 0 Å². The molecule has 1 aliphatic heterocycles. The molecule has 40 heavy (non-hydrogen) atoms. The summed E-state index contributed by atoms with van der Waals surface area (Å²) in [4.78, 5) is 26.7. The van der Waals surface area contributed by atoms with Crippen molar-refractivity contribution < 1.29 is 14.3 Å². The van der Waals surface area contributed by atoms with E-state index in [1.165, 1.54) is 12.8 Å². The molecule has 9 heteroatoms. The fourth-order valence-electron chi connectivity index (χ4n) is 4.74. The van der Waals surface area contributed by atoms with Gasteiger partial charge in [-0.15, -0.1) is 0 Å². The molecular weight excluding hydrogens is 504 g/mol. The summed E-state index contributed by atoms with van der Waals surface area (Å²) >= 11 is 0. The lowest BCUT2D eigenvalue weighted by molar-refractivity contribution is 0.0519. The number of pyridine rings is 2. The maximum Gasteiger partial charge on any atom is 0.357 e. The van der Waals surface area contributed by atoms with Gasteiger partial charge in [-0.1, -0.05) is 19.9 Å². The highest BCUT2D eigenvalue weighted by Gasteiger charge is 2.24. The predicted octanol–water partition coefficient (Wildman–Crippen LogP) is 5.77. The Morgan fingerprint density at radius 2 is 1.95 bits per heavy atom. The van der Waals surface area contributed by atoms with Crippen LogP contribution in [0.4, 0.5) is 23.0 Å². The van der Waals surface area contributed by atoms with Gasteiger partial charge in [-0.25, -0.2) is 14.8 Å². The molecule has 0 bridgehead atoms. The van der Waals surface area contributed by atoms with Crippen molar-refractivity contribution in [2.24, 2.45) is 5.92 Å². The van der Waals surface area contributed by atoms with Gasteiger partial charge < -0.3 is 30.0 Å². The molecule has 0 radical (unpaired) electrons. The van der Waals surface area contributed by atoms with E-state index in [1.807, 2.05) is 50.1 Å². The number of benzene rings is 1. The molecule has 0 atom stereocenters. The van der Waals surface area contributed by atoms with Gasteiger partial charge in [-0.05, 0) is 67.6 Å². The summed E-state index contributed by atoms with van der Waals surface area (Å²) in [6.45, 7) is 9.35. The van der Waals surface area contributed by atoms with E-state index in [-0.39, 0.29) is 18.2 Å². The molecule has 212 valence electrons. The lowest BCUT2D eigenvalue weighted by atomic mass is 9.92. The number of carbonyl (C=O) groups is 1. The summed E-state index contributed by atoms with van der Waals surface area (Å²) in [5.41, 5.74) is 4.70. The van der Waals surface area contributed by atoms with Crippen LogP contribution in [0.15, 0.2) is 48.7 Å². The highest BCUT2D eigenvalue weighted by Crippen LogP contribution is 2.34. The van der Waals surface area contributed by atoms with Gasteiger partial charge in [0.2, 0.25) is 0 Å². The summed E-state index contributed by atoms with van der Waals surface area (Å²) < 4.78 is 10.5. The fourth-order valence-corrected chi connectivity index (χ4v) is 4.74. The lowest BCUT2D eigenvalue weighted by Crippen LogP contribution is -2.22. The largest absolute Gasteiger partial charge is 0.461 e. The first-order valence-electron chi connectivity index (χ1n) is 13.9. The smallest absolute Gasteiger partial charge is 0.357 e. The minimum absolute atomic E-state index is 0.0714. The highest BCUT2D eigenvalue weighted by atomic mass is 16.5.